The number of nitrogens with zero attached hydrogens (tertiary/aromatic N) is 2. The molecule has 542 valence electrons. The Labute approximate surface area is 577 Å². The number of rotatable bonds is 76. The molecule has 0 heterocycles. The Kier molecular flexibility index (Phi) is 76.6. The molecule has 0 fully saturated rings. The fourth-order valence-electron chi connectivity index (χ4n) is 11.9. The molecular weight excluding hydrogens is 1150 g/mol. The molecule has 0 aromatic heterocycles. The highest BCUT2D eigenvalue weighted by Gasteiger charge is 2.11. The number of carbonyl (C=O) groups excluding carboxylic acids is 3. The standard InChI is InChI=1S/C84H154N2O7/c1-4-7-10-13-16-19-22-25-28-31-34-37-40-43-55-64-79-91-82(88)69-58-49-46-52-61-72-85(73-62-53-47-50-59-70-83(89)92-80-65-56-44-41-38-35-32-29-26-23-20-17-14-11-8-5-2)75-67-76-86(77-68-78-87)74-63-54-48-51-60-71-84(90)93-81-66-57-45-42-39-36-33-30-27-24-21-18-15-12-9-6-3/h16-21,25-30,87H,4-15,22-24,31-81H2,1-3H3/b19-16-,20-17-,21-18-,28-25-,29-26-,30-27-. The lowest BCUT2D eigenvalue weighted by Gasteiger charge is -2.26. The van der Waals surface area contributed by atoms with Gasteiger partial charge < -0.3 is 29.1 Å². The number of hydrogen-bond donors (Lipinski definition) is 1. The molecular formula is C84H154N2O7. The lowest BCUT2D eigenvalue weighted by Crippen LogP contribution is -2.33. The number of allylic oxidation sites excluding steroid dienone is 12. The van der Waals surface area contributed by atoms with Gasteiger partial charge in [0.15, 0.2) is 0 Å². The number of unbranched alkanes of at least 4 members (excludes halogenated alkanes) is 39. The zero-order chi connectivity index (χ0) is 67.2. The van der Waals surface area contributed by atoms with E-state index in [9.17, 15) is 19.5 Å². The SMILES string of the molecule is CCCCC/C=C\C/C=C\CCCCCCCCOC(=O)CCCCCCCN(CCCO)CCCN(CCCCCCCC(=O)OCCCCCCCC/C=C\C/C=C\CCCCC)CCCCCCCC(=O)OCCCCCCCC/C=C\C/C=C\CCCCC. The van der Waals surface area contributed by atoms with E-state index in [1.165, 1.54) is 205 Å². The van der Waals surface area contributed by atoms with Gasteiger partial charge in [0.25, 0.3) is 0 Å². The molecule has 9 nitrogen and oxygen atoms in total. The van der Waals surface area contributed by atoms with Crippen molar-refractivity contribution < 1.29 is 33.7 Å². The van der Waals surface area contributed by atoms with Gasteiger partial charge in [-0.25, -0.2) is 0 Å². The summed E-state index contributed by atoms with van der Waals surface area (Å²) in [5.74, 6) is -0.0956. The van der Waals surface area contributed by atoms with Crippen LogP contribution < -0.4 is 0 Å². The first-order valence-electron chi connectivity index (χ1n) is 40.4. The maximum absolute atomic E-state index is 12.5. The lowest BCUT2D eigenvalue weighted by molar-refractivity contribution is -0.144. The molecule has 0 bridgehead atoms. The Balaban J connectivity index is 4.55. The van der Waals surface area contributed by atoms with Crippen LogP contribution in [0.15, 0.2) is 72.9 Å². The number of aliphatic hydroxyl groups excluding tert-OH is 1. The Bertz CT molecular complexity index is 1650. The van der Waals surface area contributed by atoms with Gasteiger partial charge in [-0.2, -0.15) is 0 Å². The molecule has 0 amide bonds. The third-order valence-electron chi connectivity index (χ3n) is 18.0. The van der Waals surface area contributed by atoms with Crippen LogP contribution in [0.3, 0.4) is 0 Å². The van der Waals surface area contributed by atoms with Crippen molar-refractivity contribution in [1.29, 1.82) is 0 Å². The normalized spacial score (nSPS) is 12.2. The smallest absolute Gasteiger partial charge is 0.305 e. The van der Waals surface area contributed by atoms with E-state index in [4.69, 9.17) is 14.2 Å². The van der Waals surface area contributed by atoms with Gasteiger partial charge in [-0.1, -0.05) is 267 Å². The zero-order valence-electron chi connectivity index (χ0n) is 61.9. The highest BCUT2D eigenvalue weighted by molar-refractivity contribution is 5.69. The third kappa shape index (κ3) is 76.0. The van der Waals surface area contributed by atoms with Crippen molar-refractivity contribution in [2.75, 3.05) is 65.7 Å². The van der Waals surface area contributed by atoms with Crippen LogP contribution in [0.5, 0.6) is 0 Å². The number of carbonyl (C=O) groups is 3. The Morgan fingerprint density at radius 2 is 0.462 bits per heavy atom. The topological polar surface area (TPSA) is 106 Å². The lowest BCUT2D eigenvalue weighted by atomic mass is 10.1. The van der Waals surface area contributed by atoms with Crippen molar-refractivity contribution in [2.24, 2.45) is 0 Å². The van der Waals surface area contributed by atoms with Gasteiger partial charge in [-0.15, -0.1) is 0 Å². The summed E-state index contributed by atoms with van der Waals surface area (Å²) in [6, 6.07) is 0. The average Bonchev–Trinajstić information content (AvgIpc) is 3.71. The molecule has 93 heavy (non-hydrogen) atoms. The molecule has 0 saturated heterocycles. The Morgan fingerprint density at radius 3 is 0.731 bits per heavy atom. The zero-order valence-corrected chi connectivity index (χ0v) is 61.9. The maximum Gasteiger partial charge on any atom is 0.305 e. The summed E-state index contributed by atoms with van der Waals surface area (Å²) in [5.41, 5.74) is 0. The Hall–Kier alpha value is -3.27. The van der Waals surface area contributed by atoms with E-state index in [0.29, 0.717) is 39.1 Å². The summed E-state index contributed by atoms with van der Waals surface area (Å²) in [4.78, 5) is 42.6. The van der Waals surface area contributed by atoms with Gasteiger partial charge in [0.2, 0.25) is 0 Å². The summed E-state index contributed by atoms with van der Waals surface area (Å²) < 4.78 is 16.8. The van der Waals surface area contributed by atoms with E-state index in [0.717, 1.165) is 174 Å². The Morgan fingerprint density at radius 1 is 0.247 bits per heavy atom. The number of aliphatic hydroxyl groups is 1. The molecule has 0 aromatic rings. The van der Waals surface area contributed by atoms with Crippen LogP contribution in [0.4, 0.5) is 0 Å². The first-order chi connectivity index (χ1) is 46.0. The van der Waals surface area contributed by atoms with E-state index in [-0.39, 0.29) is 24.5 Å². The fourth-order valence-corrected chi connectivity index (χ4v) is 11.9. The summed E-state index contributed by atoms with van der Waals surface area (Å²) >= 11 is 0. The monoisotopic (exact) mass is 1300 g/mol. The van der Waals surface area contributed by atoms with E-state index < -0.39 is 0 Å². The molecule has 0 aliphatic carbocycles. The van der Waals surface area contributed by atoms with E-state index in [1.54, 1.807) is 0 Å². The van der Waals surface area contributed by atoms with Crippen LogP contribution in [0.25, 0.3) is 0 Å². The van der Waals surface area contributed by atoms with E-state index in [2.05, 4.69) is 103 Å². The van der Waals surface area contributed by atoms with Gasteiger partial charge in [0, 0.05) is 32.4 Å². The predicted molar refractivity (Wildman–Crippen MR) is 403 cm³/mol. The molecule has 0 rings (SSSR count). The molecule has 9 heteroatoms. The van der Waals surface area contributed by atoms with Crippen LogP contribution in [0, 0.1) is 0 Å². The fraction of sp³-hybridized carbons (Fsp3) is 0.821. The highest BCUT2D eigenvalue weighted by Crippen LogP contribution is 2.16. The van der Waals surface area contributed by atoms with Crippen molar-refractivity contribution in [2.45, 2.75) is 380 Å². The molecule has 0 aliphatic heterocycles. The second-order valence-electron chi connectivity index (χ2n) is 27.1. The maximum atomic E-state index is 12.5. The largest absolute Gasteiger partial charge is 0.466 e. The van der Waals surface area contributed by atoms with Crippen LogP contribution in [0.2, 0.25) is 0 Å². The van der Waals surface area contributed by atoms with Crippen molar-refractivity contribution in [1.82, 2.24) is 9.80 Å². The summed E-state index contributed by atoms with van der Waals surface area (Å²) in [6.45, 7) is 15.0. The van der Waals surface area contributed by atoms with Gasteiger partial charge in [0.1, 0.15) is 0 Å². The van der Waals surface area contributed by atoms with E-state index in [1.807, 2.05) is 0 Å². The minimum atomic E-state index is -0.0353. The van der Waals surface area contributed by atoms with Crippen LogP contribution >= 0.6 is 0 Å². The average molecular weight is 1300 g/mol. The third-order valence-corrected chi connectivity index (χ3v) is 18.0. The number of esters is 3. The summed E-state index contributed by atoms with van der Waals surface area (Å²) in [7, 11) is 0. The molecule has 0 spiro atoms. The predicted octanol–water partition coefficient (Wildman–Crippen LogP) is 24.5. The number of ether oxygens (including phenoxy) is 3. The first kappa shape index (κ1) is 89.7. The highest BCUT2D eigenvalue weighted by atomic mass is 16.5. The van der Waals surface area contributed by atoms with Gasteiger partial charge in [-0.3, -0.25) is 14.4 Å². The van der Waals surface area contributed by atoms with Gasteiger partial charge >= 0.3 is 17.9 Å². The molecule has 0 atom stereocenters. The summed E-state index contributed by atoms with van der Waals surface area (Å²) in [5, 5.41) is 9.73. The van der Waals surface area contributed by atoms with E-state index >= 15 is 0 Å². The van der Waals surface area contributed by atoms with Crippen LogP contribution in [-0.4, -0.2) is 98.5 Å². The minimum Gasteiger partial charge on any atom is -0.466 e. The van der Waals surface area contributed by atoms with Gasteiger partial charge in [-0.05, 0) is 200 Å². The molecule has 1 N–H and O–H groups in total. The second kappa shape index (κ2) is 79.4. The molecule has 0 saturated carbocycles. The van der Waals surface area contributed by atoms with Crippen molar-refractivity contribution in [3.63, 3.8) is 0 Å². The summed E-state index contributed by atoms with van der Waals surface area (Å²) in [6.07, 6.45) is 91.5. The molecule has 0 unspecified atom stereocenters. The van der Waals surface area contributed by atoms with Crippen molar-refractivity contribution in [3.05, 3.63) is 72.9 Å². The van der Waals surface area contributed by atoms with Crippen molar-refractivity contribution in [3.8, 4) is 0 Å². The quantitative estimate of drug-likeness (QED) is 0.0276. The molecule has 0 radical (unpaired) electrons. The first-order valence-corrected chi connectivity index (χ1v) is 40.4. The minimum absolute atomic E-state index is 0.0302. The molecule has 0 aliphatic rings. The molecule has 0 aromatic carbocycles. The second-order valence-corrected chi connectivity index (χ2v) is 27.1. The van der Waals surface area contributed by atoms with Crippen LogP contribution in [0.1, 0.15) is 380 Å². The number of hydrogen-bond acceptors (Lipinski definition) is 9. The van der Waals surface area contributed by atoms with Crippen molar-refractivity contribution >= 4 is 17.9 Å². The van der Waals surface area contributed by atoms with Gasteiger partial charge in [0.05, 0.1) is 19.8 Å². The van der Waals surface area contributed by atoms with Crippen LogP contribution in [-0.2, 0) is 28.6 Å².